The molecule has 19 heavy (non-hydrogen) atoms. The molecule has 2 atom stereocenters. The van der Waals surface area contributed by atoms with E-state index in [4.69, 9.17) is 9.47 Å². The second-order valence-corrected chi connectivity index (χ2v) is 5.72. The van der Waals surface area contributed by atoms with Crippen LogP contribution in [-0.4, -0.2) is 25.7 Å². The molecule has 0 aromatic heterocycles. The Hall–Kier alpha value is -1.06. The molecule has 0 radical (unpaired) electrons. The number of methoxy groups -OCH3 is 1. The summed E-state index contributed by atoms with van der Waals surface area (Å²) in [6.45, 7) is 4.76. The highest BCUT2D eigenvalue weighted by molar-refractivity contribution is 5.82. The second kappa shape index (κ2) is 8.18. The molecular weight excluding hydrogens is 244 g/mol. The van der Waals surface area contributed by atoms with Crippen LogP contribution in [0.5, 0.6) is 0 Å². The van der Waals surface area contributed by atoms with Crippen LogP contribution in [0.15, 0.2) is 0 Å². The Morgan fingerprint density at radius 1 is 1.11 bits per heavy atom. The first-order chi connectivity index (χ1) is 9.06. The minimum atomic E-state index is -0.309. The van der Waals surface area contributed by atoms with Gasteiger partial charge in [-0.1, -0.05) is 26.7 Å². The molecule has 0 bridgehead atoms. The van der Waals surface area contributed by atoms with E-state index in [2.05, 4.69) is 13.8 Å². The van der Waals surface area contributed by atoms with E-state index in [9.17, 15) is 9.59 Å². The van der Waals surface area contributed by atoms with Gasteiger partial charge in [-0.05, 0) is 31.6 Å². The molecule has 1 rings (SSSR count). The van der Waals surface area contributed by atoms with Crippen LogP contribution >= 0.6 is 0 Å². The summed E-state index contributed by atoms with van der Waals surface area (Å²) in [5, 5.41) is 0. The molecule has 0 N–H and O–H groups in total. The molecule has 1 fully saturated rings. The molecule has 2 unspecified atom stereocenters. The van der Waals surface area contributed by atoms with Gasteiger partial charge in [0.1, 0.15) is 0 Å². The third-order valence-corrected chi connectivity index (χ3v) is 3.74. The van der Waals surface area contributed by atoms with Gasteiger partial charge in [-0.15, -0.1) is 0 Å². The van der Waals surface area contributed by atoms with Gasteiger partial charge >= 0.3 is 11.9 Å². The van der Waals surface area contributed by atoms with Gasteiger partial charge in [0, 0.05) is 0 Å². The lowest BCUT2D eigenvalue weighted by Gasteiger charge is -2.27. The monoisotopic (exact) mass is 270 g/mol. The van der Waals surface area contributed by atoms with Crippen molar-refractivity contribution in [1.29, 1.82) is 0 Å². The van der Waals surface area contributed by atoms with Gasteiger partial charge in [-0.25, -0.2) is 0 Å². The van der Waals surface area contributed by atoms with E-state index in [1.165, 1.54) is 7.11 Å². The summed E-state index contributed by atoms with van der Waals surface area (Å²) in [6, 6.07) is 0. The van der Waals surface area contributed by atoms with Crippen LogP contribution in [-0.2, 0) is 19.1 Å². The van der Waals surface area contributed by atoms with Crippen LogP contribution in [0.1, 0.15) is 52.4 Å². The third kappa shape index (κ3) is 5.21. The van der Waals surface area contributed by atoms with Crippen LogP contribution in [0, 0.1) is 17.8 Å². The molecule has 1 aliphatic rings. The summed E-state index contributed by atoms with van der Waals surface area (Å²) < 4.78 is 10.1. The highest BCUT2D eigenvalue weighted by Gasteiger charge is 2.37. The molecule has 4 nitrogen and oxygen atoms in total. The van der Waals surface area contributed by atoms with E-state index in [-0.39, 0.29) is 23.8 Å². The van der Waals surface area contributed by atoms with Gasteiger partial charge in [0.2, 0.25) is 0 Å². The highest BCUT2D eigenvalue weighted by Crippen LogP contribution is 2.31. The smallest absolute Gasteiger partial charge is 0.309 e. The van der Waals surface area contributed by atoms with Crippen molar-refractivity contribution in [1.82, 2.24) is 0 Å². The highest BCUT2D eigenvalue weighted by atomic mass is 16.5. The predicted octanol–water partition coefficient (Wildman–Crippen LogP) is 2.95. The Labute approximate surface area is 115 Å². The summed E-state index contributed by atoms with van der Waals surface area (Å²) in [4.78, 5) is 23.7. The molecule has 0 spiro atoms. The number of carbonyl (C=O) groups excluding carboxylic acids is 2. The summed E-state index contributed by atoms with van der Waals surface area (Å²) in [5.41, 5.74) is 0. The zero-order valence-electron chi connectivity index (χ0n) is 12.3. The van der Waals surface area contributed by atoms with Crippen LogP contribution in [0.25, 0.3) is 0 Å². The standard InChI is InChI=1S/C15H26O4/c1-11(2)7-6-10-19-15(17)13-9-5-4-8-12(13)14(16)18-3/h11-13H,4-10H2,1-3H3. The molecule has 0 aromatic rings. The normalized spacial score (nSPS) is 23.2. The lowest BCUT2D eigenvalue weighted by atomic mass is 9.79. The average Bonchev–Trinajstić information content (AvgIpc) is 2.42. The van der Waals surface area contributed by atoms with E-state index in [0.717, 1.165) is 38.5 Å². The van der Waals surface area contributed by atoms with E-state index in [1.807, 2.05) is 0 Å². The summed E-state index contributed by atoms with van der Waals surface area (Å²) >= 11 is 0. The van der Waals surface area contributed by atoms with Crippen LogP contribution < -0.4 is 0 Å². The van der Waals surface area contributed by atoms with Gasteiger partial charge in [-0.2, -0.15) is 0 Å². The fourth-order valence-corrected chi connectivity index (χ4v) is 2.62. The lowest BCUT2D eigenvalue weighted by molar-refractivity contribution is -0.161. The quantitative estimate of drug-likeness (QED) is 0.550. The zero-order valence-corrected chi connectivity index (χ0v) is 12.3. The maximum Gasteiger partial charge on any atom is 0.309 e. The van der Waals surface area contributed by atoms with Gasteiger partial charge in [0.05, 0.1) is 25.6 Å². The molecule has 0 aliphatic heterocycles. The Balaban J connectivity index is 2.41. The number of esters is 2. The fraction of sp³-hybridized carbons (Fsp3) is 0.867. The van der Waals surface area contributed by atoms with Crippen molar-refractivity contribution in [3.05, 3.63) is 0 Å². The molecule has 110 valence electrons. The van der Waals surface area contributed by atoms with Crippen molar-refractivity contribution in [3.63, 3.8) is 0 Å². The Kier molecular flexibility index (Phi) is 6.89. The van der Waals surface area contributed by atoms with Crippen molar-refractivity contribution in [2.75, 3.05) is 13.7 Å². The molecule has 4 heteroatoms. The molecule has 0 saturated heterocycles. The minimum Gasteiger partial charge on any atom is -0.469 e. The van der Waals surface area contributed by atoms with Gasteiger partial charge in [0.15, 0.2) is 0 Å². The maximum atomic E-state index is 12.0. The van der Waals surface area contributed by atoms with E-state index in [0.29, 0.717) is 12.5 Å². The average molecular weight is 270 g/mol. The van der Waals surface area contributed by atoms with Crippen molar-refractivity contribution in [3.8, 4) is 0 Å². The molecule has 0 aromatic carbocycles. The molecular formula is C15H26O4. The predicted molar refractivity (Wildman–Crippen MR) is 72.5 cm³/mol. The van der Waals surface area contributed by atoms with Crippen molar-refractivity contribution < 1.29 is 19.1 Å². The largest absolute Gasteiger partial charge is 0.469 e. The lowest BCUT2D eigenvalue weighted by Crippen LogP contribution is -2.34. The zero-order chi connectivity index (χ0) is 14.3. The summed E-state index contributed by atoms with van der Waals surface area (Å²) in [7, 11) is 1.38. The first-order valence-corrected chi connectivity index (χ1v) is 7.30. The first kappa shape index (κ1) is 16.0. The molecule has 1 saturated carbocycles. The molecule has 1 aliphatic carbocycles. The number of carbonyl (C=O) groups is 2. The second-order valence-electron chi connectivity index (χ2n) is 5.72. The van der Waals surface area contributed by atoms with E-state index >= 15 is 0 Å². The van der Waals surface area contributed by atoms with Crippen molar-refractivity contribution >= 4 is 11.9 Å². The fourth-order valence-electron chi connectivity index (χ4n) is 2.62. The first-order valence-electron chi connectivity index (χ1n) is 7.30. The Morgan fingerprint density at radius 3 is 2.21 bits per heavy atom. The van der Waals surface area contributed by atoms with Crippen LogP contribution in [0.2, 0.25) is 0 Å². The Morgan fingerprint density at radius 2 is 1.68 bits per heavy atom. The Bertz CT molecular complexity index is 299. The van der Waals surface area contributed by atoms with E-state index in [1.54, 1.807) is 0 Å². The molecule has 0 amide bonds. The van der Waals surface area contributed by atoms with Gasteiger partial charge < -0.3 is 9.47 Å². The van der Waals surface area contributed by atoms with Crippen molar-refractivity contribution in [2.24, 2.45) is 17.8 Å². The van der Waals surface area contributed by atoms with Gasteiger partial charge in [0.25, 0.3) is 0 Å². The van der Waals surface area contributed by atoms with Crippen molar-refractivity contribution in [2.45, 2.75) is 52.4 Å². The third-order valence-electron chi connectivity index (χ3n) is 3.74. The molecule has 0 heterocycles. The summed E-state index contributed by atoms with van der Waals surface area (Å²) in [6.07, 6.45) is 5.38. The van der Waals surface area contributed by atoms with E-state index < -0.39 is 0 Å². The van der Waals surface area contributed by atoms with Gasteiger partial charge in [-0.3, -0.25) is 9.59 Å². The topological polar surface area (TPSA) is 52.6 Å². The SMILES string of the molecule is COC(=O)C1CCCCC1C(=O)OCCCC(C)C. The number of hydrogen-bond donors (Lipinski definition) is 0. The van der Waals surface area contributed by atoms with Crippen LogP contribution in [0.4, 0.5) is 0 Å². The number of ether oxygens (including phenoxy) is 2. The maximum absolute atomic E-state index is 12.0. The van der Waals surface area contributed by atoms with Crippen LogP contribution in [0.3, 0.4) is 0 Å². The number of hydrogen-bond acceptors (Lipinski definition) is 4. The number of rotatable bonds is 6. The summed E-state index contributed by atoms with van der Waals surface area (Å²) in [5.74, 6) is -0.490. The minimum absolute atomic E-state index is 0.223.